The lowest BCUT2D eigenvalue weighted by Gasteiger charge is -2.08. The molecule has 1 saturated carbocycles. The summed E-state index contributed by atoms with van der Waals surface area (Å²) in [5, 5.41) is 6.10. The topological polar surface area (TPSA) is 66.9 Å². The highest BCUT2D eigenvalue weighted by Crippen LogP contribution is 2.23. The Kier molecular flexibility index (Phi) is 3.88. The Labute approximate surface area is 131 Å². The van der Waals surface area contributed by atoms with Crippen LogP contribution in [0.1, 0.15) is 28.9 Å². The normalized spacial score (nSPS) is 13.8. The molecule has 0 spiro atoms. The summed E-state index contributed by atoms with van der Waals surface area (Å²) in [7, 11) is 0. The lowest BCUT2D eigenvalue weighted by Crippen LogP contribution is -2.26. The first-order valence-corrected chi connectivity index (χ1v) is 7.57. The van der Waals surface area contributed by atoms with E-state index < -0.39 is 0 Å². The van der Waals surface area contributed by atoms with Crippen molar-refractivity contribution in [3.05, 3.63) is 46.3 Å². The van der Waals surface area contributed by atoms with Crippen LogP contribution in [0, 0.1) is 6.92 Å². The fourth-order valence-corrected chi connectivity index (χ4v) is 2.15. The molecule has 0 unspecified atom stereocenters. The summed E-state index contributed by atoms with van der Waals surface area (Å²) < 4.78 is 1.06. The number of hydrogen-bond donors (Lipinski definition) is 2. The van der Waals surface area contributed by atoms with E-state index in [4.69, 9.17) is 0 Å². The quantitative estimate of drug-likeness (QED) is 0.892. The van der Waals surface area contributed by atoms with Gasteiger partial charge >= 0.3 is 0 Å². The van der Waals surface area contributed by atoms with Crippen LogP contribution in [0.3, 0.4) is 0 Å². The fraction of sp³-hybridized carbons (Fsp3) is 0.267. The highest BCUT2D eigenvalue weighted by Gasteiger charge is 2.24. The summed E-state index contributed by atoms with van der Waals surface area (Å²) in [6.45, 7) is 2.02. The summed E-state index contributed by atoms with van der Waals surface area (Å²) in [6, 6.07) is 7.91. The van der Waals surface area contributed by atoms with Crippen LogP contribution in [0.2, 0.25) is 0 Å². The van der Waals surface area contributed by atoms with Crippen LogP contribution >= 0.6 is 15.9 Å². The molecule has 21 heavy (non-hydrogen) atoms. The van der Waals surface area contributed by atoms with Crippen molar-refractivity contribution in [3.8, 4) is 0 Å². The van der Waals surface area contributed by atoms with Crippen molar-refractivity contribution in [1.82, 2.24) is 15.3 Å². The van der Waals surface area contributed by atoms with E-state index in [9.17, 15) is 4.79 Å². The van der Waals surface area contributed by atoms with E-state index in [0.29, 0.717) is 17.6 Å². The maximum absolute atomic E-state index is 12.0. The maximum Gasteiger partial charge on any atom is 0.270 e. The fourth-order valence-electron chi connectivity index (χ4n) is 1.91. The highest BCUT2D eigenvalue weighted by molar-refractivity contribution is 9.10. The highest BCUT2D eigenvalue weighted by atomic mass is 79.9. The number of benzene rings is 1. The van der Waals surface area contributed by atoms with Crippen LogP contribution in [0.25, 0.3) is 0 Å². The summed E-state index contributed by atoms with van der Waals surface area (Å²) in [5.41, 5.74) is 2.43. The molecule has 1 aliphatic carbocycles. The average Bonchev–Trinajstić information content (AvgIpc) is 3.27. The molecule has 2 N–H and O–H groups in total. The van der Waals surface area contributed by atoms with E-state index in [1.165, 1.54) is 6.33 Å². The van der Waals surface area contributed by atoms with Gasteiger partial charge in [0.1, 0.15) is 17.8 Å². The number of carbonyl (C=O) groups excluding carboxylic acids is 1. The van der Waals surface area contributed by atoms with E-state index in [2.05, 4.69) is 36.5 Å². The number of rotatable bonds is 4. The van der Waals surface area contributed by atoms with Gasteiger partial charge in [0.25, 0.3) is 5.91 Å². The van der Waals surface area contributed by atoms with Gasteiger partial charge in [-0.05, 0) is 43.5 Å². The minimum absolute atomic E-state index is 0.144. The van der Waals surface area contributed by atoms with Crippen LogP contribution in [-0.4, -0.2) is 21.9 Å². The third-order valence-corrected chi connectivity index (χ3v) is 4.13. The summed E-state index contributed by atoms with van der Waals surface area (Å²) in [6.07, 6.45) is 3.51. The average molecular weight is 347 g/mol. The molecule has 1 aromatic heterocycles. The first-order chi connectivity index (χ1) is 10.1. The van der Waals surface area contributed by atoms with Crippen molar-refractivity contribution in [2.45, 2.75) is 25.8 Å². The van der Waals surface area contributed by atoms with Crippen molar-refractivity contribution < 1.29 is 4.79 Å². The Morgan fingerprint density at radius 1 is 1.29 bits per heavy atom. The summed E-state index contributed by atoms with van der Waals surface area (Å²) >= 11 is 3.47. The molecule has 1 aliphatic rings. The maximum atomic E-state index is 12.0. The van der Waals surface area contributed by atoms with Gasteiger partial charge in [0.2, 0.25) is 0 Å². The monoisotopic (exact) mass is 346 g/mol. The van der Waals surface area contributed by atoms with Gasteiger partial charge in [-0.2, -0.15) is 0 Å². The molecule has 5 nitrogen and oxygen atoms in total. The van der Waals surface area contributed by atoms with Crippen LogP contribution in [0.15, 0.2) is 35.1 Å². The van der Waals surface area contributed by atoms with E-state index in [1.54, 1.807) is 6.07 Å². The van der Waals surface area contributed by atoms with Crippen molar-refractivity contribution >= 4 is 33.3 Å². The predicted octanol–water partition coefficient (Wildman–Crippen LogP) is 3.18. The van der Waals surface area contributed by atoms with E-state index in [1.807, 2.05) is 25.1 Å². The first-order valence-electron chi connectivity index (χ1n) is 6.78. The molecular formula is C15H15BrN4O. The van der Waals surface area contributed by atoms with Crippen molar-refractivity contribution in [2.75, 3.05) is 5.32 Å². The second kappa shape index (κ2) is 5.81. The smallest absolute Gasteiger partial charge is 0.270 e. The van der Waals surface area contributed by atoms with Crippen molar-refractivity contribution in [2.24, 2.45) is 0 Å². The number of carbonyl (C=O) groups is 1. The number of aromatic nitrogens is 2. The van der Waals surface area contributed by atoms with E-state index in [0.717, 1.165) is 28.6 Å². The Hall–Kier alpha value is -1.95. The van der Waals surface area contributed by atoms with E-state index >= 15 is 0 Å². The zero-order chi connectivity index (χ0) is 14.8. The number of halogens is 1. The lowest BCUT2D eigenvalue weighted by atomic mass is 10.2. The molecule has 0 atom stereocenters. The zero-order valence-electron chi connectivity index (χ0n) is 11.6. The molecule has 1 amide bonds. The molecule has 0 aliphatic heterocycles. The molecule has 1 fully saturated rings. The van der Waals surface area contributed by atoms with Crippen LogP contribution < -0.4 is 10.6 Å². The van der Waals surface area contributed by atoms with Crippen molar-refractivity contribution in [3.63, 3.8) is 0 Å². The standard InChI is InChI=1S/C15H15BrN4O/c1-9-6-11(4-5-12(9)16)19-14-7-13(17-8-18-14)15(21)20-10-2-3-10/h4-8,10H,2-3H2,1H3,(H,20,21)(H,17,18,19). The molecule has 0 bridgehead atoms. The number of anilines is 2. The largest absolute Gasteiger partial charge is 0.348 e. The molecule has 108 valence electrons. The Balaban J connectivity index is 1.75. The summed E-state index contributed by atoms with van der Waals surface area (Å²) in [5.74, 6) is 0.461. The third-order valence-electron chi connectivity index (χ3n) is 3.24. The molecule has 0 radical (unpaired) electrons. The number of hydrogen-bond acceptors (Lipinski definition) is 4. The summed E-state index contributed by atoms with van der Waals surface area (Å²) in [4.78, 5) is 20.1. The molecule has 0 saturated heterocycles. The van der Waals surface area contributed by atoms with Gasteiger partial charge in [-0.1, -0.05) is 15.9 Å². The molecule has 3 rings (SSSR count). The SMILES string of the molecule is Cc1cc(Nc2cc(C(=O)NC3CC3)ncn2)ccc1Br. The van der Waals surface area contributed by atoms with Crippen LogP contribution in [0.4, 0.5) is 11.5 Å². The van der Waals surface area contributed by atoms with Crippen LogP contribution in [0.5, 0.6) is 0 Å². The van der Waals surface area contributed by atoms with Gasteiger partial charge in [0.15, 0.2) is 0 Å². The Morgan fingerprint density at radius 3 is 2.81 bits per heavy atom. The van der Waals surface area contributed by atoms with Gasteiger partial charge in [-0.3, -0.25) is 4.79 Å². The molecule has 6 heteroatoms. The minimum Gasteiger partial charge on any atom is -0.348 e. The van der Waals surface area contributed by atoms with Gasteiger partial charge < -0.3 is 10.6 Å². The Bertz CT molecular complexity index is 685. The molecular weight excluding hydrogens is 332 g/mol. The second-order valence-corrected chi connectivity index (χ2v) is 5.98. The molecule has 1 aromatic carbocycles. The number of aryl methyl sites for hydroxylation is 1. The number of nitrogens with zero attached hydrogens (tertiary/aromatic N) is 2. The lowest BCUT2D eigenvalue weighted by molar-refractivity contribution is 0.0946. The number of amides is 1. The predicted molar refractivity (Wildman–Crippen MR) is 84.7 cm³/mol. The minimum atomic E-state index is -0.144. The van der Waals surface area contributed by atoms with Gasteiger partial charge in [-0.15, -0.1) is 0 Å². The van der Waals surface area contributed by atoms with Gasteiger partial charge in [0.05, 0.1) is 0 Å². The number of nitrogens with one attached hydrogen (secondary N) is 2. The molecule has 1 heterocycles. The second-order valence-electron chi connectivity index (χ2n) is 5.13. The van der Waals surface area contributed by atoms with Crippen LogP contribution in [-0.2, 0) is 0 Å². The first kappa shape index (κ1) is 14.0. The third kappa shape index (κ3) is 3.58. The Morgan fingerprint density at radius 2 is 2.10 bits per heavy atom. The van der Waals surface area contributed by atoms with Gasteiger partial charge in [0, 0.05) is 22.3 Å². The van der Waals surface area contributed by atoms with E-state index in [-0.39, 0.29) is 5.91 Å². The van der Waals surface area contributed by atoms with Gasteiger partial charge in [-0.25, -0.2) is 9.97 Å². The zero-order valence-corrected chi connectivity index (χ0v) is 13.1. The molecule has 2 aromatic rings. The van der Waals surface area contributed by atoms with Crippen molar-refractivity contribution in [1.29, 1.82) is 0 Å².